The Kier molecular flexibility index (Phi) is 1.55. The van der Waals surface area contributed by atoms with Gasteiger partial charge in [-0.2, -0.15) is 0 Å². The summed E-state index contributed by atoms with van der Waals surface area (Å²) in [5.41, 5.74) is 6.81. The van der Waals surface area contributed by atoms with Crippen molar-refractivity contribution < 1.29 is 0 Å². The van der Waals surface area contributed by atoms with E-state index < -0.39 is 0 Å². The standard InChI is InChI=1S/C6H7BrN2S/c7-6-9-5(2-10-6)3-1-4(3)8/h2-4H,1,8H2/t3-,4-/m1/s1. The first-order valence-electron chi connectivity index (χ1n) is 3.14. The maximum absolute atomic E-state index is 5.66. The van der Waals surface area contributed by atoms with Gasteiger partial charge in [-0.15, -0.1) is 11.3 Å². The van der Waals surface area contributed by atoms with Crippen molar-refractivity contribution in [3.05, 3.63) is 15.0 Å². The van der Waals surface area contributed by atoms with Crippen LogP contribution in [0.1, 0.15) is 18.0 Å². The van der Waals surface area contributed by atoms with E-state index in [2.05, 4.69) is 26.3 Å². The molecule has 1 aliphatic rings. The monoisotopic (exact) mass is 218 g/mol. The molecule has 1 aromatic heterocycles. The van der Waals surface area contributed by atoms with Crippen LogP contribution < -0.4 is 5.73 Å². The normalized spacial score (nSPS) is 30.6. The molecule has 0 aromatic carbocycles. The maximum Gasteiger partial charge on any atom is 0.159 e. The Hall–Kier alpha value is 0.0700. The van der Waals surface area contributed by atoms with Crippen molar-refractivity contribution in [1.29, 1.82) is 0 Å². The third-order valence-electron chi connectivity index (χ3n) is 1.71. The fraction of sp³-hybridized carbons (Fsp3) is 0.500. The van der Waals surface area contributed by atoms with Crippen LogP contribution in [0.2, 0.25) is 0 Å². The van der Waals surface area contributed by atoms with E-state index in [0.29, 0.717) is 12.0 Å². The molecule has 1 fully saturated rings. The SMILES string of the molecule is N[C@@H]1C[C@H]1c1csc(Br)n1. The highest BCUT2D eigenvalue weighted by molar-refractivity contribution is 9.11. The Bertz CT molecular complexity index is 248. The number of aromatic nitrogens is 1. The second-order valence-electron chi connectivity index (χ2n) is 2.53. The fourth-order valence-corrected chi connectivity index (χ4v) is 2.08. The van der Waals surface area contributed by atoms with Gasteiger partial charge in [-0.05, 0) is 22.4 Å². The summed E-state index contributed by atoms with van der Waals surface area (Å²) >= 11 is 4.94. The van der Waals surface area contributed by atoms with Crippen molar-refractivity contribution in [1.82, 2.24) is 4.98 Å². The molecule has 1 aromatic rings. The van der Waals surface area contributed by atoms with E-state index >= 15 is 0 Å². The summed E-state index contributed by atoms with van der Waals surface area (Å²) in [6.07, 6.45) is 1.11. The molecule has 2 atom stereocenters. The Balaban J connectivity index is 2.20. The highest BCUT2D eigenvalue weighted by Crippen LogP contribution is 2.39. The van der Waals surface area contributed by atoms with Gasteiger partial charge in [-0.25, -0.2) is 4.98 Å². The molecule has 4 heteroatoms. The van der Waals surface area contributed by atoms with Gasteiger partial charge in [-0.3, -0.25) is 0 Å². The molecule has 0 bridgehead atoms. The lowest BCUT2D eigenvalue weighted by molar-refractivity contribution is 0.955. The van der Waals surface area contributed by atoms with Gasteiger partial charge < -0.3 is 5.73 Å². The van der Waals surface area contributed by atoms with E-state index in [1.165, 1.54) is 0 Å². The van der Waals surface area contributed by atoms with Gasteiger partial charge in [0.25, 0.3) is 0 Å². The second-order valence-corrected chi connectivity index (χ2v) is 4.67. The van der Waals surface area contributed by atoms with Gasteiger partial charge in [0.1, 0.15) is 0 Å². The number of thiazole rings is 1. The number of rotatable bonds is 1. The quantitative estimate of drug-likeness (QED) is 0.780. The molecular formula is C6H7BrN2S. The van der Waals surface area contributed by atoms with E-state index in [9.17, 15) is 0 Å². The molecule has 0 aliphatic heterocycles. The molecule has 2 N–H and O–H groups in total. The zero-order valence-electron chi connectivity index (χ0n) is 5.25. The van der Waals surface area contributed by atoms with Crippen LogP contribution in [0.15, 0.2) is 9.30 Å². The van der Waals surface area contributed by atoms with Crippen LogP contribution in [0.3, 0.4) is 0 Å². The third-order valence-corrected chi connectivity index (χ3v) is 3.10. The first-order chi connectivity index (χ1) is 4.77. The van der Waals surface area contributed by atoms with Crippen LogP contribution >= 0.6 is 27.3 Å². The second kappa shape index (κ2) is 2.29. The van der Waals surface area contributed by atoms with Crippen molar-refractivity contribution in [2.75, 3.05) is 0 Å². The lowest BCUT2D eigenvalue weighted by Crippen LogP contribution is -2.00. The Morgan fingerprint density at radius 1 is 1.80 bits per heavy atom. The van der Waals surface area contributed by atoms with Crippen molar-refractivity contribution in [3.8, 4) is 0 Å². The Morgan fingerprint density at radius 2 is 2.50 bits per heavy atom. The molecule has 0 saturated heterocycles. The van der Waals surface area contributed by atoms with Crippen LogP contribution in [0, 0.1) is 0 Å². The lowest BCUT2D eigenvalue weighted by Gasteiger charge is -1.85. The molecule has 0 spiro atoms. The van der Waals surface area contributed by atoms with E-state index in [1.807, 2.05) is 0 Å². The van der Waals surface area contributed by atoms with Crippen molar-refractivity contribution in [3.63, 3.8) is 0 Å². The highest BCUT2D eigenvalue weighted by Gasteiger charge is 2.36. The smallest absolute Gasteiger partial charge is 0.159 e. The van der Waals surface area contributed by atoms with Crippen molar-refractivity contribution in [2.45, 2.75) is 18.4 Å². The number of hydrogen-bond acceptors (Lipinski definition) is 3. The molecule has 0 amide bonds. The minimum Gasteiger partial charge on any atom is -0.327 e. The van der Waals surface area contributed by atoms with Crippen molar-refractivity contribution in [2.24, 2.45) is 5.73 Å². The Morgan fingerprint density at radius 3 is 2.90 bits per heavy atom. The summed E-state index contributed by atoms with van der Waals surface area (Å²) in [5.74, 6) is 0.544. The molecule has 10 heavy (non-hydrogen) atoms. The van der Waals surface area contributed by atoms with Crippen LogP contribution in [-0.4, -0.2) is 11.0 Å². The van der Waals surface area contributed by atoms with E-state index in [1.54, 1.807) is 11.3 Å². The molecular weight excluding hydrogens is 212 g/mol. The average Bonchev–Trinajstić information content (AvgIpc) is 2.42. The van der Waals surface area contributed by atoms with Gasteiger partial charge in [-0.1, -0.05) is 0 Å². The van der Waals surface area contributed by atoms with Crippen LogP contribution in [0.5, 0.6) is 0 Å². The molecule has 1 saturated carbocycles. The largest absolute Gasteiger partial charge is 0.327 e. The zero-order valence-corrected chi connectivity index (χ0v) is 7.65. The predicted molar refractivity (Wildman–Crippen MR) is 45.1 cm³/mol. The van der Waals surface area contributed by atoms with Crippen LogP contribution in [0.25, 0.3) is 0 Å². The summed E-state index contributed by atoms with van der Waals surface area (Å²) in [5, 5.41) is 2.07. The molecule has 1 aliphatic carbocycles. The summed E-state index contributed by atoms with van der Waals surface area (Å²) in [4.78, 5) is 4.28. The predicted octanol–water partition coefficient (Wildman–Crippen LogP) is 1.72. The third kappa shape index (κ3) is 1.11. The maximum atomic E-state index is 5.66. The molecule has 2 rings (SSSR count). The number of halogens is 1. The molecule has 2 nitrogen and oxygen atoms in total. The summed E-state index contributed by atoms with van der Waals surface area (Å²) in [7, 11) is 0. The molecule has 0 unspecified atom stereocenters. The first kappa shape index (κ1) is 6.76. The zero-order chi connectivity index (χ0) is 7.14. The minimum atomic E-state index is 0.369. The average molecular weight is 219 g/mol. The Labute approximate surface area is 71.6 Å². The minimum absolute atomic E-state index is 0.369. The van der Waals surface area contributed by atoms with Gasteiger partial charge in [0.05, 0.1) is 5.69 Å². The summed E-state index contributed by atoms with van der Waals surface area (Å²) < 4.78 is 0.960. The van der Waals surface area contributed by atoms with Crippen LogP contribution in [-0.2, 0) is 0 Å². The van der Waals surface area contributed by atoms with E-state index in [0.717, 1.165) is 16.0 Å². The molecule has 1 heterocycles. The van der Waals surface area contributed by atoms with Gasteiger partial charge in [0.15, 0.2) is 3.92 Å². The highest BCUT2D eigenvalue weighted by atomic mass is 79.9. The molecule has 54 valence electrons. The van der Waals surface area contributed by atoms with Crippen molar-refractivity contribution >= 4 is 27.3 Å². The van der Waals surface area contributed by atoms with Crippen LogP contribution in [0.4, 0.5) is 0 Å². The number of hydrogen-bond donors (Lipinski definition) is 1. The van der Waals surface area contributed by atoms with E-state index in [-0.39, 0.29) is 0 Å². The first-order valence-corrected chi connectivity index (χ1v) is 4.81. The number of nitrogens with two attached hydrogens (primary N) is 1. The van der Waals surface area contributed by atoms with Gasteiger partial charge in [0, 0.05) is 17.3 Å². The summed E-state index contributed by atoms with van der Waals surface area (Å²) in [6, 6.07) is 0.369. The number of nitrogens with zero attached hydrogens (tertiary/aromatic N) is 1. The van der Waals surface area contributed by atoms with Gasteiger partial charge >= 0.3 is 0 Å². The topological polar surface area (TPSA) is 38.9 Å². The van der Waals surface area contributed by atoms with Gasteiger partial charge in [0.2, 0.25) is 0 Å². The summed E-state index contributed by atoms with van der Waals surface area (Å²) in [6.45, 7) is 0. The van der Waals surface area contributed by atoms with E-state index in [4.69, 9.17) is 5.73 Å². The lowest BCUT2D eigenvalue weighted by atomic mass is 10.3. The molecule has 0 radical (unpaired) electrons. The fourth-order valence-electron chi connectivity index (χ4n) is 0.988.